The molecule has 0 aliphatic carbocycles. The third-order valence-corrected chi connectivity index (χ3v) is 3.82. The molecule has 0 amide bonds. The molecule has 1 aromatic rings. The summed E-state index contributed by atoms with van der Waals surface area (Å²) in [4.78, 5) is 11.2. The Morgan fingerprint density at radius 3 is 2.53 bits per heavy atom. The van der Waals surface area contributed by atoms with Crippen LogP contribution in [0.1, 0.15) is 19.8 Å². The number of benzene rings is 1. The SMILES string of the molecule is CCOC(=O)CCCNS(=O)(=O)c1ccc(N)cc1. The Morgan fingerprint density at radius 2 is 1.95 bits per heavy atom. The van der Waals surface area contributed by atoms with Crippen molar-refractivity contribution < 1.29 is 17.9 Å². The van der Waals surface area contributed by atoms with Crippen molar-refractivity contribution in [1.29, 1.82) is 0 Å². The summed E-state index contributed by atoms with van der Waals surface area (Å²) in [6, 6.07) is 5.91. The van der Waals surface area contributed by atoms with Gasteiger partial charge in [-0.15, -0.1) is 0 Å². The highest BCUT2D eigenvalue weighted by Gasteiger charge is 2.13. The molecule has 0 heterocycles. The third-order valence-electron chi connectivity index (χ3n) is 2.35. The Labute approximate surface area is 113 Å². The number of esters is 1. The number of hydrogen-bond acceptors (Lipinski definition) is 5. The van der Waals surface area contributed by atoms with Crippen molar-refractivity contribution in [3.8, 4) is 0 Å². The molecule has 6 nitrogen and oxygen atoms in total. The maximum Gasteiger partial charge on any atom is 0.305 e. The Kier molecular flexibility index (Phi) is 5.78. The Hall–Kier alpha value is -1.60. The number of carbonyl (C=O) groups is 1. The maximum atomic E-state index is 11.8. The lowest BCUT2D eigenvalue weighted by molar-refractivity contribution is -0.143. The van der Waals surface area contributed by atoms with Crippen LogP contribution in [0.3, 0.4) is 0 Å². The molecule has 0 unspecified atom stereocenters. The van der Waals surface area contributed by atoms with Crippen LogP contribution in [0, 0.1) is 0 Å². The lowest BCUT2D eigenvalue weighted by atomic mass is 10.3. The van der Waals surface area contributed by atoms with Crippen molar-refractivity contribution in [3.63, 3.8) is 0 Å². The van der Waals surface area contributed by atoms with E-state index in [1.165, 1.54) is 24.3 Å². The molecule has 0 radical (unpaired) electrons. The fourth-order valence-corrected chi connectivity index (χ4v) is 2.48. The number of rotatable bonds is 7. The van der Waals surface area contributed by atoms with Crippen LogP contribution in [0.25, 0.3) is 0 Å². The van der Waals surface area contributed by atoms with E-state index in [9.17, 15) is 13.2 Å². The fourth-order valence-electron chi connectivity index (χ4n) is 1.40. The van der Waals surface area contributed by atoms with Crippen LogP contribution in [0.15, 0.2) is 29.2 Å². The molecule has 3 N–H and O–H groups in total. The summed E-state index contributed by atoms with van der Waals surface area (Å²) in [6.45, 7) is 2.24. The summed E-state index contributed by atoms with van der Waals surface area (Å²) >= 11 is 0. The summed E-state index contributed by atoms with van der Waals surface area (Å²) in [7, 11) is -3.54. The molecule has 106 valence electrons. The number of nitrogens with one attached hydrogen (secondary N) is 1. The minimum atomic E-state index is -3.54. The first-order valence-corrected chi connectivity index (χ1v) is 7.45. The van der Waals surface area contributed by atoms with Gasteiger partial charge in [0.05, 0.1) is 11.5 Å². The molecule has 0 spiro atoms. The number of nitrogen functional groups attached to an aromatic ring is 1. The highest BCUT2D eigenvalue weighted by molar-refractivity contribution is 7.89. The van der Waals surface area contributed by atoms with Crippen molar-refractivity contribution in [2.24, 2.45) is 0 Å². The van der Waals surface area contributed by atoms with Crippen LogP contribution in [0.4, 0.5) is 5.69 Å². The van der Waals surface area contributed by atoms with Gasteiger partial charge in [0.25, 0.3) is 0 Å². The topological polar surface area (TPSA) is 98.5 Å². The van der Waals surface area contributed by atoms with Crippen molar-refractivity contribution in [3.05, 3.63) is 24.3 Å². The average molecular weight is 286 g/mol. The number of sulfonamides is 1. The lowest BCUT2D eigenvalue weighted by Gasteiger charge is -2.06. The highest BCUT2D eigenvalue weighted by Crippen LogP contribution is 2.11. The first kappa shape index (κ1) is 15.5. The molecule has 0 fully saturated rings. The van der Waals surface area contributed by atoms with Gasteiger partial charge >= 0.3 is 5.97 Å². The number of carbonyl (C=O) groups excluding carboxylic acids is 1. The van der Waals surface area contributed by atoms with E-state index >= 15 is 0 Å². The zero-order valence-electron chi connectivity index (χ0n) is 10.8. The van der Waals surface area contributed by atoms with Crippen LogP contribution >= 0.6 is 0 Å². The van der Waals surface area contributed by atoms with Crippen molar-refractivity contribution in [1.82, 2.24) is 4.72 Å². The van der Waals surface area contributed by atoms with Gasteiger partial charge in [0.2, 0.25) is 10.0 Å². The molecule has 19 heavy (non-hydrogen) atoms. The van der Waals surface area contributed by atoms with E-state index in [4.69, 9.17) is 10.5 Å². The quantitative estimate of drug-likeness (QED) is 0.440. The first-order valence-electron chi connectivity index (χ1n) is 5.96. The van der Waals surface area contributed by atoms with E-state index in [2.05, 4.69) is 4.72 Å². The van der Waals surface area contributed by atoms with Gasteiger partial charge in [-0.05, 0) is 37.6 Å². The van der Waals surface area contributed by atoms with Crippen LogP contribution < -0.4 is 10.5 Å². The smallest absolute Gasteiger partial charge is 0.305 e. The second-order valence-electron chi connectivity index (χ2n) is 3.88. The third kappa shape index (κ3) is 5.27. The molecule has 0 aliphatic heterocycles. The van der Waals surface area contributed by atoms with Crippen LogP contribution in [0.5, 0.6) is 0 Å². The van der Waals surface area contributed by atoms with Crippen molar-refractivity contribution in [2.75, 3.05) is 18.9 Å². The minimum Gasteiger partial charge on any atom is -0.466 e. The number of hydrogen-bond donors (Lipinski definition) is 2. The molecule has 1 rings (SSSR count). The molecule has 0 aromatic heterocycles. The van der Waals surface area contributed by atoms with Gasteiger partial charge < -0.3 is 10.5 Å². The van der Waals surface area contributed by atoms with Crippen LogP contribution in [-0.2, 0) is 19.6 Å². The van der Waals surface area contributed by atoms with Gasteiger partial charge in [-0.3, -0.25) is 4.79 Å². The normalized spacial score (nSPS) is 11.2. The number of anilines is 1. The standard InChI is InChI=1S/C12H18N2O4S/c1-2-18-12(15)4-3-9-14-19(16,17)11-7-5-10(13)6-8-11/h5-8,14H,2-4,9,13H2,1H3. The predicted octanol–water partition coefficient (Wildman–Crippen LogP) is 0.890. The lowest BCUT2D eigenvalue weighted by Crippen LogP contribution is -2.25. The average Bonchev–Trinajstić information content (AvgIpc) is 2.36. The van der Waals surface area contributed by atoms with Gasteiger partial charge in [0, 0.05) is 18.7 Å². The summed E-state index contributed by atoms with van der Waals surface area (Å²) in [5, 5.41) is 0. The van der Waals surface area contributed by atoms with Gasteiger partial charge in [-0.25, -0.2) is 13.1 Å². The Morgan fingerprint density at radius 1 is 1.32 bits per heavy atom. The molecule has 0 aliphatic rings. The molecule has 0 atom stereocenters. The number of ether oxygens (including phenoxy) is 1. The van der Waals surface area contributed by atoms with E-state index in [1.807, 2.05) is 0 Å². The van der Waals surface area contributed by atoms with E-state index in [-0.39, 0.29) is 23.8 Å². The monoisotopic (exact) mass is 286 g/mol. The van der Waals surface area contributed by atoms with E-state index < -0.39 is 10.0 Å². The molecule has 0 saturated heterocycles. The highest BCUT2D eigenvalue weighted by atomic mass is 32.2. The second-order valence-corrected chi connectivity index (χ2v) is 5.64. The minimum absolute atomic E-state index is 0.151. The van der Waals surface area contributed by atoms with E-state index in [0.717, 1.165) is 0 Å². The van der Waals surface area contributed by atoms with Gasteiger partial charge in [0.15, 0.2) is 0 Å². The molecule has 1 aromatic carbocycles. The van der Waals surface area contributed by atoms with E-state index in [1.54, 1.807) is 6.92 Å². The fraction of sp³-hybridized carbons (Fsp3) is 0.417. The number of nitrogens with two attached hydrogens (primary N) is 1. The van der Waals surface area contributed by atoms with Gasteiger partial charge in [0.1, 0.15) is 0 Å². The maximum absolute atomic E-state index is 11.8. The Bertz CT molecular complexity index is 511. The zero-order chi connectivity index (χ0) is 14.3. The van der Waals surface area contributed by atoms with E-state index in [0.29, 0.717) is 18.7 Å². The molecule has 7 heteroatoms. The molecular weight excluding hydrogens is 268 g/mol. The molecule has 0 saturated carbocycles. The summed E-state index contributed by atoms with van der Waals surface area (Å²) < 4.78 is 30.8. The summed E-state index contributed by atoms with van der Waals surface area (Å²) in [5.41, 5.74) is 5.99. The molecule has 0 bridgehead atoms. The largest absolute Gasteiger partial charge is 0.466 e. The summed E-state index contributed by atoms with van der Waals surface area (Å²) in [5.74, 6) is -0.325. The van der Waals surface area contributed by atoms with Gasteiger partial charge in [-0.2, -0.15) is 0 Å². The first-order chi connectivity index (χ1) is 8.95. The summed E-state index contributed by atoms with van der Waals surface area (Å²) in [6.07, 6.45) is 0.588. The predicted molar refractivity (Wildman–Crippen MR) is 71.9 cm³/mol. The van der Waals surface area contributed by atoms with Gasteiger partial charge in [-0.1, -0.05) is 0 Å². The Balaban J connectivity index is 2.43. The molecular formula is C12H18N2O4S. The van der Waals surface area contributed by atoms with Crippen molar-refractivity contribution in [2.45, 2.75) is 24.7 Å². The second kappa shape index (κ2) is 7.10. The van der Waals surface area contributed by atoms with Crippen LogP contribution in [0.2, 0.25) is 0 Å². The van der Waals surface area contributed by atoms with Crippen LogP contribution in [-0.4, -0.2) is 27.5 Å². The van der Waals surface area contributed by atoms with Crippen molar-refractivity contribution >= 4 is 21.7 Å². The zero-order valence-corrected chi connectivity index (χ0v) is 11.6.